The molecule has 0 N–H and O–H groups in total. The first-order chi connectivity index (χ1) is 11.9. The third kappa shape index (κ3) is 2.45. The molecule has 7 heteroatoms. The molecular formula is C18H16BrN3O2S. The monoisotopic (exact) mass is 417 g/mol. The van der Waals surface area contributed by atoms with Crippen LogP contribution < -0.4 is 10.5 Å². The van der Waals surface area contributed by atoms with E-state index >= 15 is 0 Å². The van der Waals surface area contributed by atoms with Crippen LogP contribution >= 0.6 is 27.3 Å². The van der Waals surface area contributed by atoms with Gasteiger partial charge in [-0.3, -0.25) is 14.0 Å². The van der Waals surface area contributed by atoms with Gasteiger partial charge in [0.1, 0.15) is 5.56 Å². The molecule has 0 unspecified atom stereocenters. The summed E-state index contributed by atoms with van der Waals surface area (Å²) in [5, 5.41) is 0. The van der Waals surface area contributed by atoms with Crippen LogP contribution in [0.5, 0.6) is 0 Å². The summed E-state index contributed by atoms with van der Waals surface area (Å²) in [6, 6.07) is 5.87. The molecule has 0 aliphatic carbocycles. The number of benzene rings is 1. The maximum atomic E-state index is 13.2. The fourth-order valence-electron chi connectivity index (χ4n) is 3.36. The maximum absolute atomic E-state index is 13.2. The number of hydrogen-bond acceptors (Lipinski definition) is 4. The van der Waals surface area contributed by atoms with E-state index in [9.17, 15) is 9.59 Å². The number of amides is 1. The smallest absolute Gasteiger partial charge is 0.271 e. The van der Waals surface area contributed by atoms with Crippen LogP contribution in [0.2, 0.25) is 0 Å². The summed E-state index contributed by atoms with van der Waals surface area (Å²) < 4.78 is 2.52. The number of carbonyl (C=O) groups excluding carboxylic acids is 1. The van der Waals surface area contributed by atoms with Crippen molar-refractivity contribution in [1.82, 2.24) is 9.38 Å². The molecule has 0 fully saturated rings. The van der Waals surface area contributed by atoms with Crippen molar-refractivity contribution in [2.45, 2.75) is 33.2 Å². The van der Waals surface area contributed by atoms with E-state index in [0.29, 0.717) is 4.96 Å². The van der Waals surface area contributed by atoms with Crippen LogP contribution in [0.4, 0.5) is 5.69 Å². The van der Waals surface area contributed by atoms with Gasteiger partial charge in [0.05, 0.1) is 0 Å². The van der Waals surface area contributed by atoms with Gasteiger partial charge >= 0.3 is 0 Å². The molecule has 3 heterocycles. The highest BCUT2D eigenvalue weighted by Gasteiger charge is 2.33. The Labute approximate surface area is 157 Å². The van der Waals surface area contributed by atoms with Crippen LogP contribution in [-0.2, 0) is 6.42 Å². The molecule has 1 aliphatic rings. The van der Waals surface area contributed by atoms with E-state index in [1.165, 1.54) is 21.9 Å². The molecular weight excluding hydrogens is 402 g/mol. The summed E-state index contributed by atoms with van der Waals surface area (Å²) >= 11 is 4.93. The van der Waals surface area contributed by atoms with E-state index in [2.05, 4.69) is 20.9 Å². The highest BCUT2D eigenvalue weighted by atomic mass is 79.9. The first-order valence-corrected chi connectivity index (χ1v) is 9.59. The number of nitrogens with zero attached hydrogens (tertiary/aromatic N) is 3. The van der Waals surface area contributed by atoms with E-state index < -0.39 is 0 Å². The Bertz CT molecular complexity index is 1090. The molecule has 2 aromatic heterocycles. The molecule has 1 amide bonds. The Balaban J connectivity index is 1.85. The fraction of sp³-hybridized carbons (Fsp3) is 0.278. The number of anilines is 1. The lowest BCUT2D eigenvalue weighted by Gasteiger charge is -2.22. The maximum Gasteiger partial charge on any atom is 0.271 e. The third-order valence-electron chi connectivity index (χ3n) is 4.72. The predicted molar refractivity (Wildman–Crippen MR) is 103 cm³/mol. The average Bonchev–Trinajstić information content (AvgIpc) is 3.03. The van der Waals surface area contributed by atoms with E-state index in [-0.39, 0.29) is 23.1 Å². The number of aryl methyl sites for hydroxylation is 2. The number of rotatable bonds is 1. The first kappa shape index (κ1) is 16.5. The summed E-state index contributed by atoms with van der Waals surface area (Å²) in [5.41, 5.74) is 2.62. The number of halogens is 1. The van der Waals surface area contributed by atoms with Gasteiger partial charge in [0, 0.05) is 33.0 Å². The molecule has 1 aliphatic heterocycles. The first-order valence-electron chi connectivity index (χ1n) is 7.98. The summed E-state index contributed by atoms with van der Waals surface area (Å²) in [4.78, 5) is 33.8. The van der Waals surface area contributed by atoms with Crippen molar-refractivity contribution in [2.75, 3.05) is 4.90 Å². The lowest BCUT2D eigenvalue weighted by atomic mass is 10.1. The van der Waals surface area contributed by atoms with Crippen LogP contribution in [0, 0.1) is 13.8 Å². The Kier molecular flexibility index (Phi) is 3.81. The summed E-state index contributed by atoms with van der Waals surface area (Å²) in [6.07, 6.45) is 2.19. The Hall–Kier alpha value is -1.99. The molecule has 1 aromatic carbocycles. The second-order valence-corrected chi connectivity index (χ2v) is 8.44. The molecule has 1 atom stereocenters. The minimum absolute atomic E-state index is 0.00204. The number of hydrogen-bond donors (Lipinski definition) is 0. The van der Waals surface area contributed by atoms with Gasteiger partial charge in [0.15, 0.2) is 4.96 Å². The second kappa shape index (κ2) is 5.78. The highest BCUT2D eigenvalue weighted by Crippen LogP contribution is 2.35. The molecule has 3 aromatic rings. The van der Waals surface area contributed by atoms with Crippen molar-refractivity contribution in [2.24, 2.45) is 0 Å². The number of carbonyl (C=O) groups is 1. The number of aromatic nitrogens is 2. The minimum atomic E-state index is -0.297. The van der Waals surface area contributed by atoms with E-state index in [4.69, 9.17) is 0 Å². The molecule has 5 nitrogen and oxygen atoms in total. The van der Waals surface area contributed by atoms with Gasteiger partial charge in [0.2, 0.25) is 0 Å². The zero-order chi connectivity index (χ0) is 17.9. The summed E-state index contributed by atoms with van der Waals surface area (Å²) in [5.74, 6) is -0.288. The zero-order valence-electron chi connectivity index (χ0n) is 14.0. The summed E-state index contributed by atoms with van der Waals surface area (Å²) in [6.45, 7) is 5.82. The minimum Gasteiger partial charge on any atom is -0.305 e. The summed E-state index contributed by atoms with van der Waals surface area (Å²) in [7, 11) is 0. The van der Waals surface area contributed by atoms with Crippen molar-refractivity contribution >= 4 is 43.8 Å². The Morgan fingerprint density at radius 3 is 2.88 bits per heavy atom. The van der Waals surface area contributed by atoms with Crippen molar-refractivity contribution in [3.63, 3.8) is 0 Å². The van der Waals surface area contributed by atoms with Crippen LogP contribution in [0.1, 0.15) is 33.4 Å². The van der Waals surface area contributed by atoms with Crippen LogP contribution in [0.25, 0.3) is 4.96 Å². The molecule has 0 radical (unpaired) electrons. The third-order valence-corrected chi connectivity index (χ3v) is 6.29. The topological polar surface area (TPSA) is 54.7 Å². The lowest BCUT2D eigenvalue weighted by molar-refractivity contribution is 0.0979. The normalized spacial score (nSPS) is 16.5. The van der Waals surface area contributed by atoms with Crippen molar-refractivity contribution in [1.29, 1.82) is 0 Å². The Morgan fingerprint density at radius 2 is 2.12 bits per heavy atom. The van der Waals surface area contributed by atoms with Gasteiger partial charge in [-0.05, 0) is 51.0 Å². The van der Waals surface area contributed by atoms with Gasteiger partial charge in [-0.25, -0.2) is 4.98 Å². The molecule has 128 valence electrons. The zero-order valence-corrected chi connectivity index (χ0v) is 16.4. The van der Waals surface area contributed by atoms with Crippen molar-refractivity contribution < 1.29 is 4.79 Å². The van der Waals surface area contributed by atoms with Crippen LogP contribution in [-0.4, -0.2) is 21.3 Å². The van der Waals surface area contributed by atoms with Gasteiger partial charge in [-0.2, -0.15) is 0 Å². The quantitative estimate of drug-likeness (QED) is 0.605. The van der Waals surface area contributed by atoms with E-state index in [1.807, 2.05) is 39.0 Å². The average molecular weight is 418 g/mol. The number of thiazole rings is 1. The molecule has 0 bridgehead atoms. The SMILES string of the molecule is Cc1sc2ncc(C(=O)N3c4ccc(Br)cc4C[C@H]3C)c(=O)n2c1C. The van der Waals surface area contributed by atoms with Crippen molar-refractivity contribution in [3.05, 3.63) is 60.9 Å². The largest absolute Gasteiger partial charge is 0.305 e. The van der Waals surface area contributed by atoms with Gasteiger partial charge < -0.3 is 4.90 Å². The van der Waals surface area contributed by atoms with Gasteiger partial charge in [-0.15, -0.1) is 11.3 Å². The van der Waals surface area contributed by atoms with Gasteiger partial charge in [0.25, 0.3) is 11.5 Å². The fourth-order valence-corrected chi connectivity index (χ4v) is 4.70. The van der Waals surface area contributed by atoms with Crippen LogP contribution in [0.15, 0.2) is 33.7 Å². The molecule has 25 heavy (non-hydrogen) atoms. The molecule has 0 saturated heterocycles. The Morgan fingerprint density at radius 1 is 1.36 bits per heavy atom. The van der Waals surface area contributed by atoms with E-state index in [0.717, 1.165) is 32.7 Å². The molecule has 0 spiro atoms. The molecule has 0 saturated carbocycles. The standard InChI is InChI=1S/C18H16BrN3O2S/c1-9-6-12-7-13(19)4-5-15(12)21(9)16(23)14-8-20-18-22(17(14)24)10(2)11(3)25-18/h4-5,7-9H,6H2,1-3H3/t9-/m1/s1. The highest BCUT2D eigenvalue weighted by molar-refractivity contribution is 9.10. The number of fused-ring (bicyclic) bond motifs is 2. The predicted octanol–water partition coefficient (Wildman–Crippen LogP) is 3.73. The van der Waals surface area contributed by atoms with Gasteiger partial charge in [-0.1, -0.05) is 15.9 Å². The van der Waals surface area contributed by atoms with Crippen LogP contribution in [0.3, 0.4) is 0 Å². The molecule has 4 rings (SSSR count). The lowest BCUT2D eigenvalue weighted by Crippen LogP contribution is -2.39. The van der Waals surface area contributed by atoms with E-state index in [1.54, 1.807) is 4.90 Å². The second-order valence-electron chi connectivity index (χ2n) is 6.34. The van der Waals surface area contributed by atoms with Crippen molar-refractivity contribution in [3.8, 4) is 0 Å².